The maximum atomic E-state index is 13.1. The number of carbonyl (C=O) groups is 1. The summed E-state index contributed by atoms with van der Waals surface area (Å²) < 4.78 is 51.3. The number of amides is 1. The van der Waals surface area contributed by atoms with Crippen molar-refractivity contribution in [1.82, 2.24) is 15.1 Å². The van der Waals surface area contributed by atoms with Crippen molar-refractivity contribution in [3.05, 3.63) is 0 Å². The summed E-state index contributed by atoms with van der Waals surface area (Å²) in [7, 11) is 0. The van der Waals surface area contributed by atoms with Crippen molar-refractivity contribution in [3.8, 4) is 0 Å². The van der Waals surface area contributed by atoms with Gasteiger partial charge >= 0.3 is 0 Å². The first-order chi connectivity index (χ1) is 9.82. The zero-order valence-corrected chi connectivity index (χ0v) is 13.2. The molecule has 130 valence electrons. The normalized spacial score (nSPS) is 28.7. The lowest BCUT2D eigenvalue weighted by molar-refractivity contribution is -0.137. The molecule has 0 radical (unpaired) electrons. The molecule has 4 nitrogen and oxygen atoms in total. The van der Waals surface area contributed by atoms with E-state index in [9.17, 15) is 22.4 Å². The fourth-order valence-corrected chi connectivity index (χ4v) is 3.01. The molecule has 1 amide bonds. The van der Waals surface area contributed by atoms with Crippen LogP contribution in [0.3, 0.4) is 0 Å². The number of nitrogens with one attached hydrogen (secondary N) is 1. The molecule has 1 N–H and O–H groups in total. The lowest BCUT2D eigenvalue weighted by Gasteiger charge is -2.41. The van der Waals surface area contributed by atoms with Crippen LogP contribution in [0.25, 0.3) is 0 Å². The van der Waals surface area contributed by atoms with Crippen LogP contribution in [0, 0.1) is 0 Å². The van der Waals surface area contributed by atoms with Crippen LogP contribution < -0.4 is 5.32 Å². The Bertz CT molecular complexity index is 386. The van der Waals surface area contributed by atoms with Crippen molar-refractivity contribution in [2.45, 2.75) is 44.2 Å². The molecule has 2 saturated heterocycles. The molecule has 2 atom stereocenters. The van der Waals surface area contributed by atoms with Crippen LogP contribution in [-0.2, 0) is 4.79 Å². The minimum Gasteiger partial charge on any atom is -0.338 e. The summed E-state index contributed by atoms with van der Waals surface area (Å²) in [6.07, 6.45) is -2.25. The van der Waals surface area contributed by atoms with Gasteiger partial charge in [-0.15, -0.1) is 12.4 Å². The first-order valence-electron chi connectivity index (χ1n) is 7.24. The Morgan fingerprint density at radius 3 is 2.55 bits per heavy atom. The molecule has 2 fully saturated rings. The molecule has 0 aliphatic carbocycles. The van der Waals surface area contributed by atoms with Gasteiger partial charge in [0.05, 0.1) is 19.1 Å². The number of nitrogens with zero attached hydrogens (tertiary/aromatic N) is 2. The largest absolute Gasteiger partial charge is 0.338 e. The molecule has 0 aromatic rings. The Balaban J connectivity index is 0.00000242. The van der Waals surface area contributed by atoms with E-state index >= 15 is 0 Å². The van der Waals surface area contributed by atoms with Gasteiger partial charge in [-0.25, -0.2) is 17.6 Å². The second kappa shape index (κ2) is 7.79. The minimum atomic E-state index is -2.85. The van der Waals surface area contributed by atoms with Gasteiger partial charge < -0.3 is 4.90 Å². The molecule has 2 rings (SSSR count). The molecule has 0 aromatic carbocycles. The Labute approximate surface area is 133 Å². The van der Waals surface area contributed by atoms with Gasteiger partial charge in [0.25, 0.3) is 12.3 Å². The average molecular weight is 348 g/mol. The van der Waals surface area contributed by atoms with Gasteiger partial charge in [-0.3, -0.25) is 15.0 Å². The summed E-state index contributed by atoms with van der Waals surface area (Å²) in [4.78, 5) is 15.4. The summed E-state index contributed by atoms with van der Waals surface area (Å²) in [5.74, 6) is -3.19. The lowest BCUT2D eigenvalue weighted by Crippen LogP contribution is -2.58. The van der Waals surface area contributed by atoms with E-state index in [0.717, 1.165) is 0 Å². The number of halogens is 5. The van der Waals surface area contributed by atoms with Crippen LogP contribution in [0.2, 0.25) is 0 Å². The van der Waals surface area contributed by atoms with Crippen molar-refractivity contribution in [1.29, 1.82) is 0 Å². The minimum absolute atomic E-state index is 0. The highest BCUT2D eigenvalue weighted by Crippen LogP contribution is 2.26. The van der Waals surface area contributed by atoms with Crippen LogP contribution >= 0.6 is 12.4 Å². The molecule has 2 heterocycles. The van der Waals surface area contributed by atoms with Crippen molar-refractivity contribution in [2.24, 2.45) is 0 Å². The summed E-state index contributed by atoms with van der Waals surface area (Å²) in [5.41, 5.74) is 0. The standard InChI is InChI=1S/C13H21F4N3O.ClH/c1-2-9-6-20(4-3-19(9)7-11(14)15)12(21)10-5-13(16,17)8-18-10;/h9-11,18H,2-8H2,1H3;1H. The van der Waals surface area contributed by atoms with E-state index in [1.165, 1.54) is 4.90 Å². The first kappa shape index (κ1) is 19.4. The maximum absolute atomic E-state index is 13.1. The Morgan fingerprint density at radius 1 is 1.36 bits per heavy atom. The zero-order chi connectivity index (χ0) is 15.6. The van der Waals surface area contributed by atoms with E-state index in [0.29, 0.717) is 26.1 Å². The molecule has 0 aromatic heterocycles. The highest BCUT2D eigenvalue weighted by molar-refractivity contribution is 5.85. The maximum Gasteiger partial charge on any atom is 0.262 e. The van der Waals surface area contributed by atoms with E-state index in [2.05, 4.69) is 5.32 Å². The van der Waals surface area contributed by atoms with E-state index in [4.69, 9.17) is 0 Å². The van der Waals surface area contributed by atoms with Gasteiger partial charge in [-0.2, -0.15) is 0 Å². The Kier molecular flexibility index (Phi) is 6.88. The molecular formula is C13H22ClF4N3O. The molecular weight excluding hydrogens is 326 g/mol. The SMILES string of the molecule is CCC1CN(C(=O)C2CC(F)(F)CN2)CCN1CC(F)F.Cl. The summed E-state index contributed by atoms with van der Waals surface area (Å²) >= 11 is 0. The van der Waals surface area contributed by atoms with Crippen LogP contribution in [-0.4, -0.2) is 72.9 Å². The van der Waals surface area contributed by atoms with Gasteiger partial charge in [-0.1, -0.05) is 6.92 Å². The van der Waals surface area contributed by atoms with Crippen LogP contribution in [0.15, 0.2) is 0 Å². The van der Waals surface area contributed by atoms with Crippen LogP contribution in [0.5, 0.6) is 0 Å². The van der Waals surface area contributed by atoms with Gasteiger partial charge in [0, 0.05) is 32.1 Å². The monoisotopic (exact) mass is 347 g/mol. The Hall–Kier alpha value is -0.600. The number of hydrogen-bond donors (Lipinski definition) is 1. The van der Waals surface area contributed by atoms with Gasteiger partial charge in [-0.05, 0) is 6.42 Å². The zero-order valence-electron chi connectivity index (χ0n) is 12.4. The van der Waals surface area contributed by atoms with Crippen LogP contribution in [0.4, 0.5) is 17.6 Å². The van der Waals surface area contributed by atoms with Gasteiger partial charge in [0.1, 0.15) is 0 Å². The fraction of sp³-hybridized carbons (Fsp3) is 0.923. The van der Waals surface area contributed by atoms with Gasteiger partial charge in [0.2, 0.25) is 5.91 Å². The second-order valence-corrected chi connectivity index (χ2v) is 5.73. The van der Waals surface area contributed by atoms with Crippen molar-refractivity contribution < 1.29 is 22.4 Å². The average Bonchev–Trinajstić information content (AvgIpc) is 2.78. The third kappa shape index (κ3) is 4.70. The number of piperazine rings is 1. The molecule has 22 heavy (non-hydrogen) atoms. The predicted molar refractivity (Wildman–Crippen MR) is 76.8 cm³/mol. The Morgan fingerprint density at radius 2 is 2.05 bits per heavy atom. The topological polar surface area (TPSA) is 35.6 Å². The van der Waals surface area contributed by atoms with E-state index in [1.807, 2.05) is 6.92 Å². The molecule has 2 aliphatic rings. The smallest absolute Gasteiger partial charge is 0.262 e. The highest BCUT2D eigenvalue weighted by atomic mass is 35.5. The summed E-state index contributed by atoms with van der Waals surface area (Å²) in [5, 5.41) is 2.55. The predicted octanol–water partition coefficient (Wildman–Crippen LogP) is 1.59. The van der Waals surface area contributed by atoms with Crippen LogP contribution in [0.1, 0.15) is 19.8 Å². The first-order valence-corrected chi connectivity index (χ1v) is 7.24. The molecule has 0 spiro atoms. The highest BCUT2D eigenvalue weighted by Gasteiger charge is 2.44. The van der Waals surface area contributed by atoms with E-state index in [1.54, 1.807) is 4.90 Å². The van der Waals surface area contributed by atoms with Crippen molar-refractivity contribution in [3.63, 3.8) is 0 Å². The van der Waals surface area contributed by atoms with Crippen molar-refractivity contribution >= 4 is 18.3 Å². The molecule has 0 saturated carbocycles. The molecule has 9 heteroatoms. The van der Waals surface area contributed by atoms with Crippen molar-refractivity contribution in [2.75, 3.05) is 32.7 Å². The summed E-state index contributed by atoms with van der Waals surface area (Å²) in [6, 6.07) is -1.00. The number of hydrogen-bond acceptors (Lipinski definition) is 3. The number of alkyl halides is 4. The third-order valence-corrected chi connectivity index (χ3v) is 4.17. The number of rotatable bonds is 4. The fourth-order valence-electron chi connectivity index (χ4n) is 3.01. The molecule has 2 unspecified atom stereocenters. The number of carbonyl (C=O) groups excluding carboxylic acids is 1. The summed E-state index contributed by atoms with van der Waals surface area (Å²) in [6.45, 7) is 2.08. The quantitative estimate of drug-likeness (QED) is 0.785. The van der Waals surface area contributed by atoms with E-state index < -0.39 is 31.4 Å². The lowest BCUT2D eigenvalue weighted by atomic mass is 10.1. The molecule has 2 aliphatic heterocycles. The molecule has 0 bridgehead atoms. The third-order valence-electron chi connectivity index (χ3n) is 4.17. The van der Waals surface area contributed by atoms with Gasteiger partial charge in [0.15, 0.2) is 0 Å². The second-order valence-electron chi connectivity index (χ2n) is 5.73. The van der Waals surface area contributed by atoms with E-state index in [-0.39, 0.29) is 30.9 Å².